The molecule has 1 heterocycles. The lowest BCUT2D eigenvalue weighted by Crippen LogP contribution is -2.49. The van der Waals surface area contributed by atoms with Gasteiger partial charge in [0.15, 0.2) is 5.79 Å². The Bertz CT molecular complexity index is 936. The summed E-state index contributed by atoms with van der Waals surface area (Å²) >= 11 is 0. The molecule has 0 unspecified atom stereocenters. The van der Waals surface area contributed by atoms with Gasteiger partial charge in [-0.3, -0.25) is 9.69 Å². The van der Waals surface area contributed by atoms with Crippen molar-refractivity contribution in [2.75, 3.05) is 0 Å². The van der Waals surface area contributed by atoms with Crippen molar-refractivity contribution < 1.29 is 19.0 Å². The number of esters is 1. The molecule has 3 rings (SSSR count). The van der Waals surface area contributed by atoms with Crippen molar-refractivity contribution >= 4 is 5.97 Å². The van der Waals surface area contributed by atoms with Crippen molar-refractivity contribution in [2.45, 2.75) is 90.2 Å². The van der Waals surface area contributed by atoms with Crippen LogP contribution >= 0.6 is 0 Å². The van der Waals surface area contributed by atoms with E-state index < -0.39 is 11.4 Å². The molecular formula is C29H39NO4. The lowest BCUT2D eigenvalue weighted by atomic mass is 9.95. The van der Waals surface area contributed by atoms with Crippen molar-refractivity contribution in [3.8, 4) is 0 Å². The fraction of sp³-hybridized carbons (Fsp3) is 0.483. The molecular weight excluding hydrogens is 426 g/mol. The Kier molecular flexibility index (Phi) is 8.34. The zero-order valence-corrected chi connectivity index (χ0v) is 21.4. The number of rotatable bonds is 9. The van der Waals surface area contributed by atoms with Crippen LogP contribution in [-0.4, -0.2) is 40.5 Å². The Morgan fingerprint density at radius 2 is 1.68 bits per heavy atom. The van der Waals surface area contributed by atoms with Crippen LogP contribution in [0.25, 0.3) is 0 Å². The van der Waals surface area contributed by atoms with Crippen molar-refractivity contribution in [2.24, 2.45) is 0 Å². The zero-order valence-electron chi connectivity index (χ0n) is 21.4. The van der Waals surface area contributed by atoms with Gasteiger partial charge in [-0.05, 0) is 52.7 Å². The van der Waals surface area contributed by atoms with Crippen molar-refractivity contribution in [3.05, 3.63) is 84.4 Å². The third kappa shape index (κ3) is 7.02. The summed E-state index contributed by atoms with van der Waals surface area (Å²) in [7, 11) is 0. The first kappa shape index (κ1) is 26.1. The van der Waals surface area contributed by atoms with Crippen molar-refractivity contribution in [1.82, 2.24) is 4.90 Å². The molecule has 0 amide bonds. The molecule has 0 aromatic heterocycles. The lowest BCUT2D eigenvalue weighted by Gasteiger charge is -2.40. The number of hydrogen-bond donors (Lipinski definition) is 0. The molecule has 0 bridgehead atoms. The first-order valence-corrected chi connectivity index (χ1v) is 12.0. The molecule has 1 aliphatic rings. The van der Waals surface area contributed by atoms with Gasteiger partial charge >= 0.3 is 5.97 Å². The standard InChI is InChI=1S/C29H39NO4/c1-8-25-27(34-29(6,7)32-25)24(19-26(31)33-28(3,4)5)30(20-22-15-11-9-12-16-22)21(2)23-17-13-10-14-18-23/h8-18,21,24-25,27H,1,19-20H2,2-7H3/t21-,24+,25-,27+/m1/s1. The Morgan fingerprint density at radius 1 is 1.09 bits per heavy atom. The maximum absolute atomic E-state index is 13.1. The summed E-state index contributed by atoms with van der Waals surface area (Å²) in [6, 6.07) is 20.4. The summed E-state index contributed by atoms with van der Waals surface area (Å²) in [5, 5.41) is 0. The largest absolute Gasteiger partial charge is 0.460 e. The highest BCUT2D eigenvalue weighted by atomic mass is 16.8. The van der Waals surface area contributed by atoms with Gasteiger partial charge in [-0.15, -0.1) is 6.58 Å². The molecule has 0 N–H and O–H groups in total. The first-order valence-electron chi connectivity index (χ1n) is 12.0. The van der Waals surface area contributed by atoms with E-state index >= 15 is 0 Å². The SMILES string of the molecule is C=C[C@H]1OC(C)(C)O[C@H]1[C@H](CC(=O)OC(C)(C)C)N(Cc1ccccc1)[C@H](C)c1ccccc1. The van der Waals surface area contributed by atoms with E-state index in [1.165, 1.54) is 5.56 Å². The van der Waals surface area contributed by atoms with Crippen molar-refractivity contribution in [1.29, 1.82) is 0 Å². The summed E-state index contributed by atoms with van der Waals surface area (Å²) in [6.45, 7) is 16.3. The van der Waals surface area contributed by atoms with E-state index in [-0.39, 0.29) is 36.7 Å². The van der Waals surface area contributed by atoms with E-state index in [0.29, 0.717) is 6.54 Å². The van der Waals surface area contributed by atoms with Crippen LogP contribution in [0.15, 0.2) is 73.3 Å². The molecule has 0 radical (unpaired) electrons. The van der Waals surface area contributed by atoms with Gasteiger partial charge in [0, 0.05) is 12.6 Å². The number of benzene rings is 2. The second-order valence-corrected chi connectivity index (χ2v) is 10.4. The summed E-state index contributed by atoms with van der Waals surface area (Å²) in [4.78, 5) is 15.5. The number of nitrogens with zero attached hydrogens (tertiary/aromatic N) is 1. The summed E-state index contributed by atoms with van der Waals surface area (Å²) < 4.78 is 18.3. The Morgan fingerprint density at radius 3 is 2.24 bits per heavy atom. The quantitative estimate of drug-likeness (QED) is 0.333. The number of hydrogen-bond acceptors (Lipinski definition) is 5. The van der Waals surface area contributed by atoms with Gasteiger partial charge in [0.2, 0.25) is 0 Å². The summed E-state index contributed by atoms with van der Waals surface area (Å²) in [5.41, 5.74) is 1.76. The third-order valence-electron chi connectivity index (χ3n) is 5.98. The lowest BCUT2D eigenvalue weighted by molar-refractivity contribution is -0.164. The molecule has 184 valence electrons. The Balaban J connectivity index is 2.03. The van der Waals surface area contributed by atoms with E-state index in [2.05, 4.69) is 42.7 Å². The topological polar surface area (TPSA) is 48.0 Å². The minimum atomic E-state index is -0.774. The van der Waals surface area contributed by atoms with Gasteiger partial charge in [-0.25, -0.2) is 0 Å². The molecule has 0 spiro atoms. The predicted molar refractivity (Wildman–Crippen MR) is 135 cm³/mol. The smallest absolute Gasteiger partial charge is 0.308 e. The second kappa shape index (κ2) is 10.9. The zero-order chi connectivity index (χ0) is 24.9. The monoisotopic (exact) mass is 465 g/mol. The second-order valence-electron chi connectivity index (χ2n) is 10.4. The van der Waals surface area contributed by atoms with Crippen molar-refractivity contribution in [3.63, 3.8) is 0 Å². The van der Waals surface area contributed by atoms with Gasteiger partial charge in [0.25, 0.3) is 0 Å². The molecule has 0 aliphatic carbocycles. The highest BCUT2D eigenvalue weighted by molar-refractivity contribution is 5.70. The Hall–Kier alpha value is -2.47. The van der Waals surface area contributed by atoms with Gasteiger partial charge in [-0.1, -0.05) is 66.7 Å². The third-order valence-corrected chi connectivity index (χ3v) is 5.98. The van der Waals surface area contributed by atoms with E-state index in [1.807, 2.05) is 71.0 Å². The maximum atomic E-state index is 13.1. The van der Waals surface area contributed by atoms with Crippen LogP contribution < -0.4 is 0 Å². The van der Waals surface area contributed by atoms with Gasteiger partial charge in [0.05, 0.1) is 12.5 Å². The average Bonchev–Trinajstić information content (AvgIpc) is 3.10. The minimum Gasteiger partial charge on any atom is -0.460 e. The Labute approximate surface area is 204 Å². The van der Waals surface area contributed by atoms with Crippen LogP contribution in [0, 0.1) is 0 Å². The minimum absolute atomic E-state index is 0.0200. The molecule has 4 atom stereocenters. The summed E-state index contributed by atoms with van der Waals surface area (Å²) in [6.07, 6.45) is 1.23. The highest BCUT2D eigenvalue weighted by Crippen LogP contribution is 2.37. The molecule has 5 nitrogen and oxygen atoms in total. The fourth-order valence-corrected chi connectivity index (χ4v) is 4.53. The van der Waals surface area contributed by atoms with Crippen LogP contribution in [0.1, 0.15) is 65.1 Å². The van der Waals surface area contributed by atoms with Gasteiger partial charge in [0.1, 0.15) is 17.8 Å². The number of ether oxygens (including phenoxy) is 3. The van der Waals surface area contributed by atoms with Gasteiger partial charge in [-0.2, -0.15) is 0 Å². The van der Waals surface area contributed by atoms with E-state index in [1.54, 1.807) is 6.08 Å². The fourth-order valence-electron chi connectivity index (χ4n) is 4.53. The van der Waals surface area contributed by atoms with Crippen LogP contribution in [0.2, 0.25) is 0 Å². The molecule has 5 heteroatoms. The number of carbonyl (C=O) groups is 1. The average molecular weight is 466 g/mol. The first-order chi connectivity index (χ1) is 16.0. The number of carbonyl (C=O) groups excluding carboxylic acids is 1. The predicted octanol–water partition coefficient (Wildman–Crippen LogP) is 6.06. The van der Waals surface area contributed by atoms with E-state index in [9.17, 15) is 4.79 Å². The van der Waals surface area contributed by atoms with Crippen LogP contribution in [0.4, 0.5) is 0 Å². The molecule has 1 fully saturated rings. The molecule has 1 aliphatic heterocycles. The van der Waals surface area contributed by atoms with Crippen LogP contribution in [-0.2, 0) is 25.5 Å². The molecule has 34 heavy (non-hydrogen) atoms. The molecule has 2 aromatic carbocycles. The van der Waals surface area contributed by atoms with Crippen LogP contribution in [0.3, 0.4) is 0 Å². The molecule has 0 saturated carbocycles. The van der Waals surface area contributed by atoms with Gasteiger partial charge < -0.3 is 14.2 Å². The van der Waals surface area contributed by atoms with E-state index in [4.69, 9.17) is 14.2 Å². The van der Waals surface area contributed by atoms with Crippen LogP contribution in [0.5, 0.6) is 0 Å². The highest BCUT2D eigenvalue weighted by Gasteiger charge is 2.47. The normalized spacial score (nSPS) is 21.7. The molecule has 1 saturated heterocycles. The molecule has 2 aromatic rings. The maximum Gasteiger partial charge on any atom is 0.308 e. The summed E-state index contributed by atoms with van der Waals surface area (Å²) in [5.74, 6) is -1.03. The van der Waals surface area contributed by atoms with E-state index in [0.717, 1.165) is 5.56 Å².